The summed E-state index contributed by atoms with van der Waals surface area (Å²) in [6, 6.07) is 11.9. The predicted octanol–water partition coefficient (Wildman–Crippen LogP) is 2.79. The number of carbonyl (C=O) groups is 1. The summed E-state index contributed by atoms with van der Waals surface area (Å²) >= 11 is 0. The number of fused-ring (bicyclic) bond motifs is 1. The van der Waals surface area contributed by atoms with Crippen molar-refractivity contribution in [1.82, 2.24) is 15.1 Å². The highest BCUT2D eigenvalue weighted by Crippen LogP contribution is 2.37. The molecule has 2 N–H and O–H groups in total. The predicted molar refractivity (Wildman–Crippen MR) is 110 cm³/mol. The minimum Gasteiger partial charge on any atom is -0.454 e. The molecular formula is C21H20N4O5. The Morgan fingerprint density at radius 3 is 2.70 bits per heavy atom. The number of rotatable bonds is 6. The van der Waals surface area contributed by atoms with Crippen molar-refractivity contribution in [3.63, 3.8) is 0 Å². The number of carbonyl (C=O) groups excluding carboxylic acids is 1. The molecule has 4 rings (SSSR count). The second kappa shape index (κ2) is 8.16. The van der Waals surface area contributed by atoms with Crippen LogP contribution in [0.2, 0.25) is 0 Å². The summed E-state index contributed by atoms with van der Waals surface area (Å²) in [6.07, 6.45) is 1.46. The van der Waals surface area contributed by atoms with E-state index in [2.05, 4.69) is 15.7 Å². The van der Waals surface area contributed by atoms with Gasteiger partial charge in [0.2, 0.25) is 6.79 Å². The van der Waals surface area contributed by atoms with E-state index in [1.807, 2.05) is 6.92 Å². The topological polar surface area (TPSA) is 104 Å². The van der Waals surface area contributed by atoms with Crippen molar-refractivity contribution in [2.75, 3.05) is 18.7 Å². The maximum Gasteiger partial charge on any atom is 0.294 e. The van der Waals surface area contributed by atoms with Gasteiger partial charge in [-0.2, -0.15) is 5.10 Å². The summed E-state index contributed by atoms with van der Waals surface area (Å²) in [6.45, 7) is 2.56. The van der Waals surface area contributed by atoms with Crippen molar-refractivity contribution in [2.24, 2.45) is 7.05 Å². The number of hydrogen-bond acceptors (Lipinski definition) is 7. The summed E-state index contributed by atoms with van der Waals surface area (Å²) in [7, 11) is 1.55. The van der Waals surface area contributed by atoms with Crippen molar-refractivity contribution in [2.45, 2.75) is 6.92 Å². The van der Waals surface area contributed by atoms with Gasteiger partial charge in [0.1, 0.15) is 5.75 Å². The van der Waals surface area contributed by atoms with Crippen LogP contribution in [-0.2, 0) is 7.05 Å². The third-order valence-corrected chi connectivity index (χ3v) is 4.43. The Labute approximate surface area is 172 Å². The molecule has 1 aliphatic rings. The van der Waals surface area contributed by atoms with Gasteiger partial charge in [-0.05, 0) is 43.3 Å². The molecule has 1 amide bonds. The summed E-state index contributed by atoms with van der Waals surface area (Å²) in [5.74, 6) is 1.78. The lowest BCUT2D eigenvalue weighted by Crippen LogP contribution is -2.23. The molecule has 0 bridgehead atoms. The fourth-order valence-corrected chi connectivity index (χ4v) is 2.89. The minimum atomic E-state index is -0.360. The lowest BCUT2D eigenvalue weighted by Gasteiger charge is -2.13. The van der Waals surface area contributed by atoms with Gasteiger partial charge in [0.15, 0.2) is 22.9 Å². The molecule has 1 aliphatic heterocycles. The van der Waals surface area contributed by atoms with Gasteiger partial charge in [0.25, 0.3) is 11.5 Å². The maximum atomic E-state index is 12.7. The van der Waals surface area contributed by atoms with E-state index in [0.29, 0.717) is 35.0 Å². The number of nitrogens with one attached hydrogen (secondary N) is 2. The van der Waals surface area contributed by atoms with Gasteiger partial charge >= 0.3 is 0 Å². The molecule has 0 atom stereocenters. The van der Waals surface area contributed by atoms with Crippen LogP contribution in [0.15, 0.2) is 53.5 Å². The summed E-state index contributed by atoms with van der Waals surface area (Å²) in [5.41, 5.74) is 1.01. The normalized spacial score (nSPS) is 11.8. The number of ether oxygens (including phenoxy) is 3. The third-order valence-electron chi connectivity index (χ3n) is 4.43. The zero-order valence-corrected chi connectivity index (χ0v) is 16.5. The van der Waals surface area contributed by atoms with E-state index < -0.39 is 0 Å². The molecular weight excluding hydrogens is 388 g/mol. The highest BCUT2D eigenvalue weighted by Gasteiger charge is 2.17. The molecule has 0 radical (unpaired) electrons. The average Bonchev–Trinajstić information content (AvgIpc) is 3.22. The zero-order chi connectivity index (χ0) is 21.1. The van der Waals surface area contributed by atoms with Crippen molar-refractivity contribution in [3.8, 4) is 23.0 Å². The van der Waals surface area contributed by atoms with E-state index in [9.17, 15) is 9.59 Å². The number of anilines is 2. The molecule has 0 aliphatic carbocycles. The van der Waals surface area contributed by atoms with Crippen LogP contribution in [0, 0.1) is 0 Å². The Bertz CT molecular complexity index is 1140. The van der Waals surface area contributed by atoms with E-state index >= 15 is 0 Å². The first-order valence-corrected chi connectivity index (χ1v) is 9.34. The minimum absolute atomic E-state index is 0.157. The smallest absolute Gasteiger partial charge is 0.294 e. The van der Waals surface area contributed by atoms with E-state index in [0.717, 1.165) is 0 Å². The largest absolute Gasteiger partial charge is 0.454 e. The average molecular weight is 408 g/mol. The van der Waals surface area contributed by atoms with Crippen LogP contribution in [0.3, 0.4) is 0 Å². The number of benzene rings is 2. The Morgan fingerprint density at radius 2 is 1.93 bits per heavy atom. The third kappa shape index (κ3) is 3.90. The molecule has 2 aromatic carbocycles. The Kier molecular flexibility index (Phi) is 5.25. The molecule has 0 saturated carbocycles. The van der Waals surface area contributed by atoms with E-state index in [-0.39, 0.29) is 29.7 Å². The number of aryl methyl sites for hydroxylation is 1. The highest BCUT2D eigenvalue weighted by atomic mass is 16.7. The molecule has 1 aromatic heterocycles. The van der Waals surface area contributed by atoms with E-state index in [1.54, 1.807) is 49.5 Å². The second-order valence-corrected chi connectivity index (χ2v) is 6.49. The Morgan fingerprint density at radius 1 is 1.17 bits per heavy atom. The molecule has 3 aromatic rings. The van der Waals surface area contributed by atoms with Crippen LogP contribution in [0.1, 0.15) is 17.3 Å². The SMILES string of the molecule is CCNC(=O)c1ccc(Nc2c(Oc3ccc4c(c3)OCO4)cnn(C)c2=O)cc1. The molecule has 0 spiro atoms. The summed E-state index contributed by atoms with van der Waals surface area (Å²) < 4.78 is 17.8. The number of amides is 1. The van der Waals surface area contributed by atoms with Gasteiger partial charge in [0.05, 0.1) is 6.20 Å². The first-order valence-electron chi connectivity index (χ1n) is 9.34. The van der Waals surface area contributed by atoms with Crippen LogP contribution in [0.25, 0.3) is 0 Å². The van der Waals surface area contributed by atoms with Crippen LogP contribution in [0.5, 0.6) is 23.0 Å². The Hall–Kier alpha value is -4.01. The molecule has 2 heterocycles. The van der Waals surface area contributed by atoms with Crippen molar-refractivity contribution >= 4 is 17.3 Å². The lowest BCUT2D eigenvalue weighted by atomic mass is 10.2. The summed E-state index contributed by atoms with van der Waals surface area (Å²) in [4.78, 5) is 24.6. The van der Waals surface area contributed by atoms with Gasteiger partial charge in [-0.25, -0.2) is 4.68 Å². The van der Waals surface area contributed by atoms with E-state index in [4.69, 9.17) is 14.2 Å². The van der Waals surface area contributed by atoms with Crippen LogP contribution in [0.4, 0.5) is 11.4 Å². The Balaban J connectivity index is 1.60. The second-order valence-electron chi connectivity index (χ2n) is 6.49. The summed E-state index contributed by atoms with van der Waals surface area (Å²) in [5, 5.41) is 9.85. The highest BCUT2D eigenvalue weighted by molar-refractivity contribution is 5.94. The van der Waals surface area contributed by atoms with Gasteiger partial charge in [-0.3, -0.25) is 9.59 Å². The molecule has 154 valence electrons. The number of nitrogens with zero attached hydrogens (tertiary/aromatic N) is 2. The maximum absolute atomic E-state index is 12.7. The van der Waals surface area contributed by atoms with E-state index in [1.165, 1.54) is 10.9 Å². The quantitative estimate of drug-likeness (QED) is 0.646. The molecule has 9 nitrogen and oxygen atoms in total. The van der Waals surface area contributed by atoms with Crippen LogP contribution < -0.4 is 30.4 Å². The van der Waals surface area contributed by atoms with Gasteiger partial charge in [0, 0.05) is 30.9 Å². The fraction of sp³-hybridized carbons (Fsp3) is 0.190. The molecule has 0 saturated heterocycles. The van der Waals surface area contributed by atoms with Crippen molar-refractivity contribution < 1.29 is 19.0 Å². The monoisotopic (exact) mass is 408 g/mol. The van der Waals surface area contributed by atoms with Crippen molar-refractivity contribution in [1.29, 1.82) is 0 Å². The van der Waals surface area contributed by atoms with Gasteiger partial charge in [-0.1, -0.05) is 0 Å². The van der Waals surface area contributed by atoms with Gasteiger partial charge < -0.3 is 24.8 Å². The fourth-order valence-electron chi connectivity index (χ4n) is 2.89. The number of hydrogen-bond donors (Lipinski definition) is 2. The lowest BCUT2D eigenvalue weighted by molar-refractivity contribution is 0.0956. The number of aromatic nitrogens is 2. The molecule has 30 heavy (non-hydrogen) atoms. The molecule has 0 unspecified atom stereocenters. The standard InChI is InChI=1S/C21H20N4O5/c1-3-22-20(26)13-4-6-14(7-5-13)24-19-18(11-23-25(2)21(19)27)30-15-8-9-16-17(10-15)29-12-28-16/h4-11,24H,3,12H2,1-2H3,(H,22,26). The van der Waals surface area contributed by atoms with Crippen LogP contribution in [-0.4, -0.2) is 29.0 Å². The van der Waals surface area contributed by atoms with Crippen molar-refractivity contribution in [3.05, 3.63) is 64.6 Å². The van der Waals surface area contributed by atoms with Crippen LogP contribution >= 0.6 is 0 Å². The first kappa shape index (κ1) is 19.3. The van der Waals surface area contributed by atoms with Gasteiger partial charge in [-0.15, -0.1) is 0 Å². The molecule has 9 heteroatoms. The zero-order valence-electron chi connectivity index (χ0n) is 16.5. The molecule has 0 fully saturated rings. The first-order chi connectivity index (χ1) is 14.5.